The largest absolute Gasteiger partial charge is 0.699 e. The first-order valence-corrected chi connectivity index (χ1v) is 13.7. The van der Waals surface area contributed by atoms with Crippen LogP contribution in [0.25, 0.3) is 0 Å². The van der Waals surface area contributed by atoms with Crippen molar-refractivity contribution in [3.63, 3.8) is 0 Å². The van der Waals surface area contributed by atoms with Gasteiger partial charge in [-0.2, -0.15) is 0 Å². The second-order valence-corrected chi connectivity index (χ2v) is 10.5. The molecule has 0 amide bonds. The highest BCUT2D eigenvalue weighted by Gasteiger charge is 2.50. The number of hydrogen-bond donors (Lipinski definition) is 0. The second kappa shape index (κ2) is 10.9. The van der Waals surface area contributed by atoms with Crippen LogP contribution in [0.5, 0.6) is 17.2 Å². The van der Waals surface area contributed by atoms with E-state index in [4.69, 9.17) is 22.8 Å². The van der Waals surface area contributed by atoms with Gasteiger partial charge < -0.3 is 22.8 Å². The number of benzene rings is 3. The van der Waals surface area contributed by atoms with E-state index in [1.54, 1.807) is 0 Å². The summed E-state index contributed by atoms with van der Waals surface area (Å²) in [7, 11) is -3.27. The number of hydrogen-bond acceptors (Lipinski definition) is 5. The minimum absolute atomic E-state index is 0.645. The van der Waals surface area contributed by atoms with Crippen molar-refractivity contribution in [3.05, 3.63) is 90.5 Å². The van der Waals surface area contributed by atoms with E-state index >= 15 is 0 Å². The Labute approximate surface area is 197 Å². The average molecular weight is 465 g/mol. The van der Waals surface area contributed by atoms with Gasteiger partial charge in [0, 0.05) is 6.42 Å². The Morgan fingerprint density at radius 2 is 1.27 bits per heavy atom. The zero-order chi connectivity index (χ0) is 23.0. The van der Waals surface area contributed by atoms with Crippen LogP contribution in [0.3, 0.4) is 0 Å². The highest BCUT2D eigenvalue weighted by molar-refractivity contribution is 6.63. The molecular weight excluding hydrogens is 432 g/mol. The third kappa shape index (κ3) is 5.58. The molecule has 0 atom stereocenters. The predicted octanol–water partition coefficient (Wildman–Crippen LogP) is 6.57. The molecule has 1 saturated heterocycles. The first-order valence-electron chi connectivity index (χ1n) is 11.7. The van der Waals surface area contributed by atoms with Crippen LogP contribution in [0, 0.1) is 0 Å². The van der Waals surface area contributed by atoms with Gasteiger partial charge in [-0.05, 0) is 49.2 Å². The van der Waals surface area contributed by atoms with Gasteiger partial charge in [-0.15, -0.1) is 0 Å². The van der Waals surface area contributed by atoms with Crippen molar-refractivity contribution in [1.82, 2.24) is 0 Å². The molecule has 1 fully saturated rings. The summed E-state index contributed by atoms with van der Waals surface area (Å²) in [6.07, 6.45) is 2.41. The fraction of sp³-hybridized carbons (Fsp3) is 0.333. The molecule has 3 aromatic rings. The van der Waals surface area contributed by atoms with E-state index in [0.717, 1.165) is 29.9 Å². The van der Waals surface area contributed by atoms with E-state index in [2.05, 4.69) is 13.8 Å². The topological polar surface area (TPSA) is 46.2 Å². The Morgan fingerprint density at radius 3 is 1.82 bits per heavy atom. The van der Waals surface area contributed by atoms with E-state index in [1.165, 1.54) is 0 Å². The lowest BCUT2D eigenvalue weighted by Crippen LogP contribution is -2.55. The van der Waals surface area contributed by atoms with Crippen LogP contribution in [-0.2, 0) is 15.3 Å². The minimum atomic E-state index is -3.27. The number of para-hydroxylation sites is 3. The normalized spacial score (nSPS) is 15.6. The van der Waals surface area contributed by atoms with E-state index in [-0.39, 0.29) is 0 Å². The zero-order valence-corrected chi connectivity index (χ0v) is 20.4. The fourth-order valence-electron chi connectivity index (χ4n) is 4.02. The highest BCUT2D eigenvalue weighted by Crippen LogP contribution is 2.40. The van der Waals surface area contributed by atoms with Gasteiger partial charge in [0.15, 0.2) is 5.79 Å². The quantitative estimate of drug-likeness (QED) is 0.318. The fourth-order valence-corrected chi connectivity index (χ4v) is 6.57. The maximum absolute atomic E-state index is 6.80. The van der Waals surface area contributed by atoms with E-state index < -0.39 is 14.6 Å². The third-order valence-corrected chi connectivity index (χ3v) is 8.31. The lowest BCUT2D eigenvalue weighted by atomic mass is 10.0. The van der Waals surface area contributed by atoms with Crippen molar-refractivity contribution in [2.75, 3.05) is 13.2 Å². The van der Waals surface area contributed by atoms with Crippen molar-refractivity contribution < 1.29 is 22.8 Å². The molecule has 174 valence electrons. The Hall–Kier alpha value is -2.80. The maximum atomic E-state index is 6.80. The van der Waals surface area contributed by atoms with E-state index in [9.17, 15) is 0 Å². The molecule has 4 rings (SSSR count). The molecule has 0 unspecified atom stereocenters. The van der Waals surface area contributed by atoms with Crippen LogP contribution >= 0.6 is 0 Å². The van der Waals surface area contributed by atoms with Gasteiger partial charge in [0.25, 0.3) is 0 Å². The molecule has 1 aliphatic rings. The van der Waals surface area contributed by atoms with Crippen molar-refractivity contribution in [1.29, 1.82) is 0 Å². The smallest absolute Gasteiger partial charge is 0.483 e. The standard InChI is InChI=1S/C27H32O5Si/c1-3-22-33(30-23-14-7-5-8-15-23,31-24-16-9-6-10-17-24)32-26-19-12-11-18-25(26)27(4-2)28-20-13-21-29-27/h5-12,14-19H,3-4,13,20-22H2,1-2H3. The molecule has 0 aliphatic carbocycles. The molecule has 0 saturated carbocycles. The first-order chi connectivity index (χ1) is 16.2. The molecular formula is C27H32O5Si. The first kappa shape index (κ1) is 23.4. The van der Waals surface area contributed by atoms with Gasteiger partial charge in [-0.3, -0.25) is 0 Å². The lowest BCUT2D eigenvalue weighted by Gasteiger charge is -2.39. The molecule has 0 N–H and O–H groups in total. The van der Waals surface area contributed by atoms with Crippen LogP contribution in [-0.4, -0.2) is 22.0 Å². The molecule has 1 heterocycles. The summed E-state index contributed by atoms with van der Waals surface area (Å²) < 4.78 is 32.3. The summed E-state index contributed by atoms with van der Waals surface area (Å²) >= 11 is 0. The van der Waals surface area contributed by atoms with E-state index in [1.807, 2.05) is 84.9 Å². The van der Waals surface area contributed by atoms with Crippen LogP contribution in [0.1, 0.15) is 38.7 Å². The van der Waals surface area contributed by atoms with Crippen LogP contribution < -0.4 is 13.3 Å². The van der Waals surface area contributed by atoms with Crippen molar-refractivity contribution >= 4 is 8.80 Å². The van der Waals surface area contributed by atoms with Gasteiger partial charge in [-0.1, -0.05) is 62.4 Å². The predicted molar refractivity (Wildman–Crippen MR) is 131 cm³/mol. The molecule has 0 bridgehead atoms. The number of ether oxygens (including phenoxy) is 2. The summed E-state index contributed by atoms with van der Waals surface area (Å²) in [6.45, 7) is 5.49. The van der Waals surface area contributed by atoms with Crippen molar-refractivity contribution in [2.24, 2.45) is 0 Å². The highest BCUT2D eigenvalue weighted by atomic mass is 28.4. The van der Waals surface area contributed by atoms with Crippen molar-refractivity contribution in [3.8, 4) is 17.2 Å². The summed E-state index contributed by atoms with van der Waals surface area (Å²) in [5, 5.41) is 0. The molecule has 5 nitrogen and oxygen atoms in total. The van der Waals surface area contributed by atoms with E-state index in [0.29, 0.717) is 31.4 Å². The molecule has 6 heteroatoms. The molecule has 33 heavy (non-hydrogen) atoms. The summed E-state index contributed by atoms with van der Waals surface area (Å²) in [5.74, 6) is 1.29. The van der Waals surface area contributed by atoms with Crippen LogP contribution in [0.4, 0.5) is 0 Å². The van der Waals surface area contributed by atoms with Gasteiger partial charge in [0.1, 0.15) is 17.2 Å². The molecule has 1 aliphatic heterocycles. The SMILES string of the molecule is CCC[Si](Oc1ccccc1)(Oc1ccccc1)Oc1ccccc1C1(CC)OCCCO1. The zero-order valence-electron chi connectivity index (χ0n) is 19.4. The van der Waals surface area contributed by atoms with Crippen molar-refractivity contribution in [2.45, 2.75) is 44.9 Å². The molecule has 3 aromatic carbocycles. The Balaban J connectivity index is 1.75. The minimum Gasteiger partial charge on any atom is -0.483 e. The summed E-state index contributed by atoms with van der Waals surface area (Å²) in [6, 6.07) is 28.0. The van der Waals surface area contributed by atoms with Gasteiger partial charge in [0.05, 0.1) is 24.8 Å². The van der Waals surface area contributed by atoms with Gasteiger partial charge in [0.2, 0.25) is 0 Å². The Morgan fingerprint density at radius 1 is 0.727 bits per heavy atom. The molecule has 0 radical (unpaired) electrons. The van der Waals surface area contributed by atoms with Gasteiger partial charge >= 0.3 is 8.80 Å². The van der Waals surface area contributed by atoms with Gasteiger partial charge in [-0.25, -0.2) is 0 Å². The third-order valence-electron chi connectivity index (χ3n) is 5.58. The number of rotatable bonds is 10. The van der Waals surface area contributed by atoms with Crippen LogP contribution in [0.2, 0.25) is 6.04 Å². The maximum Gasteiger partial charge on any atom is 0.699 e. The monoisotopic (exact) mass is 464 g/mol. The average Bonchev–Trinajstić information content (AvgIpc) is 2.86. The molecule has 0 aromatic heterocycles. The Bertz CT molecular complexity index is 948. The summed E-state index contributed by atoms with van der Waals surface area (Å²) in [5.41, 5.74) is 0.869. The summed E-state index contributed by atoms with van der Waals surface area (Å²) in [4.78, 5) is 0. The van der Waals surface area contributed by atoms with Crippen LogP contribution in [0.15, 0.2) is 84.9 Å². The molecule has 0 spiro atoms. The second-order valence-electron chi connectivity index (χ2n) is 8.02. The Kier molecular flexibility index (Phi) is 7.70. The lowest BCUT2D eigenvalue weighted by molar-refractivity contribution is -0.278.